The Bertz CT molecular complexity index is 991. The molecule has 0 radical (unpaired) electrons. The molecule has 136 valence electrons. The SMILES string of the molecule is O=C(Cn1cc(C(F)(F)F)cc(Cl)c1=O)NCc1cc2ccccc2o1. The first-order valence-electron chi connectivity index (χ1n) is 7.45. The normalized spacial score (nSPS) is 11.7. The summed E-state index contributed by atoms with van der Waals surface area (Å²) in [6.07, 6.45) is -4.11. The van der Waals surface area contributed by atoms with Crippen LogP contribution in [0.4, 0.5) is 13.2 Å². The minimum Gasteiger partial charge on any atom is -0.459 e. The number of carbonyl (C=O) groups is 1. The van der Waals surface area contributed by atoms with Crippen molar-refractivity contribution in [1.29, 1.82) is 0 Å². The van der Waals surface area contributed by atoms with Crippen molar-refractivity contribution < 1.29 is 22.4 Å². The fourth-order valence-corrected chi connectivity index (χ4v) is 2.62. The van der Waals surface area contributed by atoms with Crippen molar-refractivity contribution in [1.82, 2.24) is 9.88 Å². The van der Waals surface area contributed by atoms with Crippen LogP contribution in [-0.4, -0.2) is 10.5 Å². The standard InChI is InChI=1S/C17H12ClF3N2O3/c18-13-6-11(17(19,20)21)8-23(16(13)25)9-15(24)22-7-12-5-10-3-1-2-4-14(10)26-12/h1-6,8H,7,9H2,(H,22,24). The Hall–Kier alpha value is -2.74. The van der Waals surface area contributed by atoms with Crippen LogP contribution in [0.5, 0.6) is 0 Å². The second-order valence-electron chi connectivity index (χ2n) is 5.53. The Morgan fingerprint density at radius 3 is 2.65 bits per heavy atom. The molecule has 3 aromatic rings. The number of para-hydroxylation sites is 1. The van der Waals surface area contributed by atoms with Gasteiger partial charge in [0.15, 0.2) is 0 Å². The van der Waals surface area contributed by atoms with Crippen molar-refractivity contribution in [2.75, 3.05) is 0 Å². The van der Waals surface area contributed by atoms with Crippen molar-refractivity contribution in [2.24, 2.45) is 0 Å². The average Bonchev–Trinajstić information content (AvgIpc) is 2.99. The van der Waals surface area contributed by atoms with Crippen LogP contribution in [0.15, 0.2) is 51.8 Å². The number of hydrogen-bond acceptors (Lipinski definition) is 3. The molecule has 9 heteroatoms. The van der Waals surface area contributed by atoms with E-state index in [0.29, 0.717) is 28.2 Å². The molecule has 2 heterocycles. The first-order valence-corrected chi connectivity index (χ1v) is 7.83. The van der Waals surface area contributed by atoms with Crippen LogP contribution in [-0.2, 0) is 24.1 Å². The number of hydrogen-bond donors (Lipinski definition) is 1. The highest BCUT2D eigenvalue weighted by Crippen LogP contribution is 2.29. The number of halogens is 4. The quantitative estimate of drug-likeness (QED) is 0.747. The maximum absolute atomic E-state index is 12.8. The van der Waals surface area contributed by atoms with Crippen LogP contribution in [0.1, 0.15) is 11.3 Å². The number of carbonyl (C=O) groups excluding carboxylic acids is 1. The molecule has 0 atom stereocenters. The van der Waals surface area contributed by atoms with Gasteiger partial charge in [0.25, 0.3) is 5.56 Å². The van der Waals surface area contributed by atoms with Crippen LogP contribution in [0.3, 0.4) is 0 Å². The predicted octanol–water partition coefficient (Wildman–Crippen LogP) is 3.58. The predicted molar refractivity (Wildman–Crippen MR) is 88.8 cm³/mol. The molecule has 0 saturated heterocycles. The lowest BCUT2D eigenvalue weighted by Crippen LogP contribution is -2.32. The molecule has 0 aliphatic carbocycles. The fourth-order valence-electron chi connectivity index (χ4n) is 2.39. The molecule has 0 saturated carbocycles. The van der Waals surface area contributed by atoms with E-state index in [2.05, 4.69) is 5.32 Å². The minimum atomic E-state index is -4.68. The number of benzene rings is 1. The lowest BCUT2D eigenvalue weighted by Gasteiger charge is -2.11. The van der Waals surface area contributed by atoms with E-state index >= 15 is 0 Å². The largest absolute Gasteiger partial charge is 0.459 e. The molecule has 1 N–H and O–H groups in total. The molecule has 26 heavy (non-hydrogen) atoms. The summed E-state index contributed by atoms with van der Waals surface area (Å²) in [5.74, 6) is -0.170. The van der Waals surface area contributed by atoms with E-state index in [1.165, 1.54) is 0 Å². The lowest BCUT2D eigenvalue weighted by molar-refractivity contribution is -0.138. The minimum absolute atomic E-state index is 0.0367. The molecule has 1 aromatic carbocycles. The van der Waals surface area contributed by atoms with E-state index in [0.717, 1.165) is 5.39 Å². The number of nitrogens with one attached hydrogen (secondary N) is 1. The van der Waals surface area contributed by atoms with E-state index in [1.54, 1.807) is 18.2 Å². The van der Waals surface area contributed by atoms with Gasteiger partial charge in [0.05, 0.1) is 12.1 Å². The van der Waals surface area contributed by atoms with Crippen LogP contribution in [0.25, 0.3) is 11.0 Å². The van der Waals surface area contributed by atoms with Gasteiger partial charge in [-0.1, -0.05) is 29.8 Å². The highest BCUT2D eigenvalue weighted by Gasteiger charge is 2.32. The van der Waals surface area contributed by atoms with Gasteiger partial charge in [0, 0.05) is 11.6 Å². The fraction of sp³-hybridized carbons (Fsp3) is 0.176. The van der Waals surface area contributed by atoms with Gasteiger partial charge in [-0.15, -0.1) is 0 Å². The summed E-state index contributed by atoms with van der Waals surface area (Å²) in [6.45, 7) is -0.558. The van der Waals surface area contributed by atoms with E-state index < -0.39 is 34.8 Å². The van der Waals surface area contributed by atoms with E-state index in [4.69, 9.17) is 16.0 Å². The molecular formula is C17H12ClF3N2O3. The van der Waals surface area contributed by atoms with Crippen LogP contribution in [0.2, 0.25) is 5.02 Å². The highest BCUT2D eigenvalue weighted by molar-refractivity contribution is 6.30. The Balaban J connectivity index is 1.71. The third-order valence-corrected chi connectivity index (χ3v) is 3.89. The summed E-state index contributed by atoms with van der Waals surface area (Å²) >= 11 is 5.55. The Morgan fingerprint density at radius 2 is 1.96 bits per heavy atom. The number of aromatic nitrogens is 1. The van der Waals surface area contributed by atoms with Gasteiger partial charge < -0.3 is 14.3 Å². The maximum Gasteiger partial charge on any atom is 0.417 e. The van der Waals surface area contributed by atoms with Gasteiger partial charge in [0.1, 0.15) is 22.9 Å². The first-order chi connectivity index (χ1) is 12.2. The summed E-state index contributed by atoms with van der Waals surface area (Å²) in [4.78, 5) is 23.8. The maximum atomic E-state index is 12.8. The van der Waals surface area contributed by atoms with Crippen molar-refractivity contribution >= 4 is 28.5 Å². The number of amides is 1. The molecule has 0 fully saturated rings. The van der Waals surface area contributed by atoms with Crippen molar-refractivity contribution in [3.05, 3.63) is 69.3 Å². The summed E-state index contributed by atoms with van der Waals surface area (Å²) in [7, 11) is 0. The topological polar surface area (TPSA) is 64.2 Å². The van der Waals surface area contributed by atoms with Crippen molar-refractivity contribution in [3.63, 3.8) is 0 Å². The zero-order valence-electron chi connectivity index (χ0n) is 13.1. The number of fused-ring (bicyclic) bond motifs is 1. The third-order valence-electron chi connectivity index (χ3n) is 3.62. The molecule has 0 spiro atoms. The molecule has 0 aliphatic rings. The summed E-state index contributed by atoms with van der Waals surface area (Å²) in [5.41, 5.74) is -1.33. The number of nitrogens with zero attached hydrogens (tertiary/aromatic N) is 1. The summed E-state index contributed by atoms with van der Waals surface area (Å²) in [6, 6.07) is 9.52. The molecule has 2 aromatic heterocycles. The van der Waals surface area contributed by atoms with E-state index in [9.17, 15) is 22.8 Å². The smallest absolute Gasteiger partial charge is 0.417 e. The van der Waals surface area contributed by atoms with E-state index in [-0.39, 0.29) is 6.54 Å². The number of rotatable bonds is 4. The molecule has 0 bridgehead atoms. The van der Waals surface area contributed by atoms with Gasteiger partial charge in [-0.05, 0) is 18.2 Å². The lowest BCUT2D eigenvalue weighted by atomic mass is 10.2. The average molecular weight is 385 g/mol. The molecule has 1 amide bonds. The zero-order valence-corrected chi connectivity index (χ0v) is 13.9. The van der Waals surface area contributed by atoms with Gasteiger partial charge >= 0.3 is 6.18 Å². The summed E-state index contributed by atoms with van der Waals surface area (Å²) in [5, 5.41) is 2.75. The number of furan rings is 1. The van der Waals surface area contributed by atoms with Crippen LogP contribution in [0, 0.1) is 0 Å². The number of pyridine rings is 1. The highest BCUT2D eigenvalue weighted by atomic mass is 35.5. The third kappa shape index (κ3) is 3.91. The monoisotopic (exact) mass is 384 g/mol. The van der Waals surface area contributed by atoms with E-state index in [1.807, 2.05) is 12.1 Å². The second kappa shape index (κ2) is 6.87. The van der Waals surface area contributed by atoms with Crippen molar-refractivity contribution in [3.8, 4) is 0 Å². The Kier molecular flexibility index (Phi) is 4.78. The zero-order chi connectivity index (χ0) is 18.9. The Labute approximate surface area is 150 Å². The second-order valence-corrected chi connectivity index (χ2v) is 5.94. The molecule has 5 nitrogen and oxygen atoms in total. The van der Waals surface area contributed by atoms with Gasteiger partial charge in [-0.3, -0.25) is 9.59 Å². The van der Waals surface area contributed by atoms with Gasteiger partial charge in [-0.2, -0.15) is 13.2 Å². The molecule has 3 rings (SSSR count). The van der Waals surface area contributed by atoms with Gasteiger partial charge in [-0.25, -0.2) is 0 Å². The van der Waals surface area contributed by atoms with Crippen LogP contribution < -0.4 is 10.9 Å². The van der Waals surface area contributed by atoms with Gasteiger partial charge in [0.2, 0.25) is 5.91 Å². The molecule has 0 unspecified atom stereocenters. The molecular weight excluding hydrogens is 373 g/mol. The number of alkyl halides is 3. The first kappa shape index (κ1) is 18.1. The summed E-state index contributed by atoms with van der Waals surface area (Å²) < 4.78 is 44.5. The Morgan fingerprint density at radius 1 is 1.23 bits per heavy atom. The van der Waals surface area contributed by atoms with Crippen molar-refractivity contribution in [2.45, 2.75) is 19.3 Å². The van der Waals surface area contributed by atoms with Crippen LogP contribution >= 0.6 is 11.6 Å². The molecule has 0 aliphatic heterocycles.